The summed E-state index contributed by atoms with van der Waals surface area (Å²) in [5, 5.41) is 8.08. The van der Waals surface area contributed by atoms with Crippen molar-refractivity contribution >= 4 is 38.5 Å². The van der Waals surface area contributed by atoms with Gasteiger partial charge in [-0.1, -0.05) is 121 Å². The number of amidine groups is 1. The summed E-state index contributed by atoms with van der Waals surface area (Å²) in [6.07, 6.45) is -0.478. The predicted molar refractivity (Wildman–Crippen MR) is 170 cm³/mol. The molecular weight excluding hydrogens is 502 g/mol. The Morgan fingerprint density at radius 2 is 1.37 bits per heavy atom. The Labute approximate surface area is 238 Å². The fraction of sp³-hybridized carbons (Fsp3) is 0.0541. The average Bonchev–Trinajstić information content (AvgIpc) is 3.42. The Hall–Kier alpha value is -5.19. The molecule has 3 N–H and O–H groups in total. The first-order valence-corrected chi connectivity index (χ1v) is 13.8. The van der Waals surface area contributed by atoms with Crippen LogP contribution in [0, 0.1) is 0 Å². The number of hydrogen-bond donors (Lipinski definition) is 2. The van der Waals surface area contributed by atoms with Crippen molar-refractivity contribution in [3.8, 4) is 11.1 Å². The Kier molecular flexibility index (Phi) is 6.51. The van der Waals surface area contributed by atoms with Gasteiger partial charge in [0, 0.05) is 21.9 Å². The number of aliphatic imine (C=N–C) groups is 1. The van der Waals surface area contributed by atoms with Crippen molar-refractivity contribution in [3.05, 3.63) is 156 Å². The molecular formula is C37H29N3O. The van der Waals surface area contributed by atoms with Gasteiger partial charge in [0.15, 0.2) is 0 Å². The summed E-state index contributed by atoms with van der Waals surface area (Å²) < 4.78 is 6.09. The standard InChI is InChI=1S/C37H29N3O/c38-36(32-14-8-16-34-35(32)31-13-6-7-15-33(31)41-34)40-37(28-10-2-1-3-11-28)39-24-25-17-19-27(20-18-25)30-22-21-26-9-4-5-12-29(26)23-30/h1-23,36H,24,38H2,(H,39,40). The molecule has 1 atom stereocenters. The predicted octanol–water partition coefficient (Wildman–Crippen LogP) is 8.60. The molecule has 0 aliphatic heterocycles. The van der Waals surface area contributed by atoms with Gasteiger partial charge in [-0.25, -0.2) is 0 Å². The molecule has 0 fully saturated rings. The van der Waals surface area contributed by atoms with Gasteiger partial charge >= 0.3 is 0 Å². The van der Waals surface area contributed by atoms with E-state index in [1.807, 2.05) is 48.5 Å². The summed E-state index contributed by atoms with van der Waals surface area (Å²) >= 11 is 0. The molecule has 7 rings (SSSR count). The number of nitrogens with one attached hydrogen (secondary N) is 1. The van der Waals surface area contributed by atoms with E-state index in [4.69, 9.17) is 15.1 Å². The monoisotopic (exact) mass is 531 g/mol. The zero-order valence-corrected chi connectivity index (χ0v) is 22.5. The minimum absolute atomic E-state index is 0.478. The van der Waals surface area contributed by atoms with E-state index in [0.29, 0.717) is 6.54 Å². The van der Waals surface area contributed by atoms with E-state index >= 15 is 0 Å². The number of nitrogens with two attached hydrogens (primary N) is 1. The Bertz CT molecular complexity index is 2010. The van der Waals surface area contributed by atoms with Gasteiger partial charge in [-0.15, -0.1) is 0 Å². The molecule has 0 radical (unpaired) electrons. The lowest BCUT2D eigenvalue weighted by atomic mass is 10.0. The average molecular weight is 532 g/mol. The van der Waals surface area contributed by atoms with Gasteiger partial charge in [-0.3, -0.25) is 4.99 Å². The zero-order chi connectivity index (χ0) is 27.6. The van der Waals surface area contributed by atoms with Crippen LogP contribution in [-0.4, -0.2) is 5.84 Å². The van der Waals surface area contributed by atoms with Crippen LogP contribution in [0.4, 0.5) is 0 Å². The number of furan rings is 1. The van der Waals surface area contributed by atoms with Gasteiger partial charge in [0.2, 0.25) is 0 Å². The van der Waals surface area contributed by atoms with E-state index in [9.17, 15) is 0 Å². The van der Waals surface area contributed by atoms with Crippen molar-refractivity contribution in [2.24, 2.45) is 10.7 Å². The SMILES string of the molecule is NC(NC(=NCc1ccc(-c2ccc3ccccc3c2)cc1)c1ccccc1)c1cccc2oc3ccccc3c12. The van der Waals surface area contributed by atoms with Gasteiger partial charge in [-0.2, -0.15) is 0 Å². The van der Waals surface area contributed by atoms with E-state index in [2.05, 4.69) is 96.3 Å². The van der Waals surface area contributed by atoms with Crippen molar-refractivity contribution in [1.82, 2.24) is 5.32 Å². The van der Waals surface area contributed by atoms with Gasteiger partial charge in [0.05, 0.1) is 6.54 Å². The molecule has 6 aromatic carbocycles. The molecule has 41 heavy (non-hydrogen) atoms. The molecule has 0 bridgehead atoms. The van der Waals surface area contributed by atoms with Crippen molar-refractivity contribution < 1.29 is 4.42 Å². The summed E-state index contributed by atoms with van der Waals surface area (Å²) in [4.78, 5) is 5.01. The first kappa shape index (κ1) is 24.8. The first-order chi connectivity index (χ1) is 20.2. The highest BCUT2D eigenvalue weighted by atomic mass is 16.3. The maximum absolute atomic E-state index is 6.81. The smallest absolute Gasteiger partial charge is 0.135 e. The maximum Gasteiger partial charge on any atom is 0.135 e. The molecule has 0 aliphatic rings. The molecule has 4 nitrogen and oxygen atoms in total. The minimum Gasteiger partial charge on any atom is -0.456 e. The Balaban J connectivity index is 1.17. The van der Waals surface area contributed by atoms with Crippen LogP contribution < -0.4 is 11.1 Å². The largest absolute Gasteiger partial charge is 0.456 e. The van der Waals surface area contributed by atoms with Crippen LogP contribution in [0.25, 0.3) is 43.8 Å². The minimum atomic E-state index is -0.478. The first-order valence-electron chi connectivity index (χ1n) is 13.8. The van der Waals surface area contributed by atoms with Crippen molar-refractivity contribution in [2.75, 3.05) is 0 Å². The lowest BCUT2D eigenvalue weighted by Gasteiger charge is -2.19. The molecule has 1 unspecified atom stereocenters. The van der Waals surface area contributed by atoms with E-state index in [1.54, 1.807) is 0 Å². The van der Waals surface area contributed by atoms with Crippen LogP contribution in [0.1, 0.15) is 22.9 Å². The van der Waals surface area contributed by atoms with Gasteiger partial charge in [-0.05, 0) is 45.7 Å². The van der Waals surface area contributed by atoms with E-state index < -0.39 is 6.17 Å². The van der Waals surface area contributed by atoms with E-state index in [1.165, 1.54) is 21.9 Å². The molecule has 1 heterocycles. The fourth-order valence-electron chi connectivity index (χ4n) is 5.44. The highest BCUT2D eigenvalue weighted by molar-refractivity contribution is 6.07. The number of hydrogen-bond acceptors (Lipinski definition) is 3. The van der Waals surface area contributed by atoms with E-state index in [0.717, 1.165) is 44.5 Å². The second-order valence-corrected chi connectivity index (χ2v) is 10.2. The van der Waals surface area contributed by atoms with Gasteiger partial charge < -0.3 is 15.5 Å². The molecule has 7 aromatic rings. The molecule has 4 heteroatoms. The van der Waals surface area contributed by atoms with Crippen LogP contribution >= 0.6 is 0 Å². The molecule has 0 aliphatic carbocycles. The lowest BCUT2D eigenvalue weighted by molar-refractivity contribution is 0.663. The number of nitrogens with zero attached hydrogens (tertiary/aromatic N) is 1. The Morgan fingerprint density at radius 1 is 0.659 bits per heavy atom. The molecule has 1 aromatic heterocycles. The summed E-state index contributed by atoms with van der Waals surface area (Å²) in [5.74, 6) is 0.751. The highest BCUT2D eigenvalue weighted by Crippen LogP contribution is 2.33. The second kappa shape index (κ2) is 10.8. The number of fused-ring (bicyclic) bond motifs is 4. The van der Waals surface area contributed by atoms with Crippen LogP contribution in [-0.2, 0) is 6.54 Å². The quantitative estimate of drug-likeness (QED) is 0.128. The Morgan fingerprint density at radius 3 is 2.22 bits per heavy atom. The van der Waals surface area contributed by atoms with Gasteiger partial charge in [0.25, 0.3) is 0 Å². The lowest BCUT2D eigenvalue weighted by Crippen LogP contribution is -2.35. The molecule has 0 amide bonds. The fourth-order valence-corrected chi connectivity index (χ4v) is 5.44. The summed E-state index contributed by atoms with van der Waals surface area (Å²) in [5.41, 5.74) is 14.0. The third kappa shape index (κ3) is 4.97. The van der Waals surface area contributed by atoms with Crippen LogP contribution in [0.5, 0.6) is 0 Å². The summed E-state index contributed by atoms with van der Waals surface area (Å²) in [7, 11) is 0. The number of benzene rings is 6. The second-order valence-electron chi connectivity index (χ2n) is 10.2. The maximum atomic E-state index is 6.81. The summed E-state index contributed by atoms with van der Waals surface area (Å²) in [6.45, 7) is 0.529. The zero-order valence-electron chi connectivity index (χ0n) is 22.5. The van der Waals surface area contributed by atoms with Crippen LogP contribution in [0.2, 0.25) is 0 Å². The van der Waals surface area contributed by atoms with E-state index in [-0.39, 0.29) is 0 Å². The van der Waals surface area contributed by atoms with Crippen molar-refractivity contribution in [3.63, 3.8) is 0 Å². The van der Waals surface area contributed by atoms with Crippen LogP contribution in [0.15, 0.2) is 149 Å². The van der Waals surface area contributed by atoms with Crippen molar-refractivity contribution in [1.29, 1.82) is 0 Å². The van der Waals surface area contributed by atoms with Crippen molar-refractivity contribution in [2.45, 2.75) is 12.7 Å². The van der Waals surface area contributed by atoms with Crippen LogP contribution in [0.3, 0.4) is 0 Å². The topological polar surface area (TPSA) is 63.5 Å². The summed E-state index contributed by atoms with van der Waals surface area (Å²) in [6, 6.07) is 47.9. The molecule has 0 saturated heterocycles. The highest BCUT2D eigenvalue weighted by Gasteiger charge is 2.17. The normalized spacial score (nSPS) is 12.7. The third-order valence-corrected chi connectivity index (χ3v) is 7.57. The number of rotatable bonds is 6. The molecule has 198 valence electrons. The third-order valence-electron chi connectivity index (χ3n) is 7.57. The molecule has 0 saturated carbocycles. The number of para-hydroxylation sites is 1. The van der Waals surface area contributed by atoms with Gasteiger partial charge in [0.1, 0.15) is 23.2 Å². The molecule has 0 spiro atoms.